The van der Waals surface area contributed by atoms with E-state index in [0.717, 1.165) is 11.3 Å². The third-order valence-corrected chi connectivity index (χ3v) is 3.33. The van der Waals surface area contributed by atoms with Crippen molar-refractivity contribution in [3.05, 3.63) is 53.2 Å². The Hall–Kier alpha value is -2.76. The molecule has 0 aliphatic carbocycles. The van der Waals surface area contributed by atoms with Crippen LogP contribution in [0.5, 0.6) is 0 Å². The normalized spacial score (nSPS) is 11.2. The largest absolute Gasteiger partial charge is 0.368 e. The molecular formula is C15H16N4O2. The van der Waals surface area contributed by atoms with Crippen LogP contribution in [0.25, 0.3) is 16.9 Å². The van der Waals surface area contributed by atoms with Crippen LogP contribution in [-0.4, -0.2) is 14.3 Å². The summed E-state index contributed by atoms with van der Waals surface area (Å²) < 4.78 is 8.19. The number of nitrogen functional groups attached to an aromatic ring is 1. The fraction of sp³-hybridized carbons (Fsp3) is 0.200. The molecule has 0 saturated heterocycles. The zero-order chi connectivity index (χ0) is 15.0. The van der Waals surface area contributed by atoms with E-state index < -0.39 is 0 Å². The Bertz CT molecular complexity index is 826. The molecule has 6 nitrogen and oxygen atoms in total. The zero-order valence-corrected chi connectivity index (χ0v) is 11.9. The van der Waals surface area contributed by atoms with Gasteiger partial charge in [-0.25, -0.2) is 4.79 Å². The molecule has 0 unspecified atom stereocenters. The highest BCUT2D eigenvalue weighted by Gasteiger charge is 2.14. The molecular weight excluding hydrogens is 268 g/mol. The standard InChI is InChI=1S/C15H16N4O2/c1-10(2)18-7-8-19(15(18)20)13-6-4-3-5-11(13)12-9-14(16)21-17-12/h3-10H,16H2,1-2H3. The third kappa shape index (κ3) is 2.24. The summed E-state index contributed by atoms with van der Waals surface area (Å²) in [5, 5.41) is 3.92. The summed E-state index contributed by atoms with van der Waals surface area (Å²) in [5.41, 5.74) is 7.63. The molecule has 0 spiro atoms. The van der Waals surface area contributed by atoms with Gasteiger partial charge in [0.15, 0.2) is 0 Å². The van der Waals surface area contributed by atoms with Gasteiger partial charge in [-0.1, -0.05) is 23.4 Å². The van der Waals surface area contributed by atoms with Gasteiger partial charge in [0, 0.05) is 30.1 Å². The van der Waals surface area contributed by atoms with Crippen molar-refractivity contribution in [1.29, 1.82) is 0 Å². The Kier molecular flexibility index (Phi) is 3.13. The molecule has 2 N–H and O–H groups in total. The number of anilines is 1. The van der Waals surface area contributed by atoms with Crippen LogP contribution in [0.15, 0.2) is 52.0 Å². The van der Waals surface area contributed by atoms with Gasteiger partial charge in [-0.3, -0.25) is 9.13 Å². The summed E-state index contributed by atoms with van der Waals surface area (Å²) >= 11 is 0. The van der Waals surface area contributed by atoms with Gasteiger partial charge < -0.3 is 10.3 Å². The maximum Gasteiger partial charge on any atom is 0.332 e. The molecule has 3 rings (SSSR count). The van der Waals surface area contributed by atoms with Gasteiger partial charge in [0.1, 0.15) is 5.69 Å². The minimum atomic E-state index is -0.0890. The van der Waals surface area contributed by atoms with E-state index in [1.165, 1.54) is 0 Å². The van der Waals surface area contributed by atoms with Gasteiger partial charge in [-0.05, 0) is 19.9 Å². The Labute approximate surface area is 121 Å². The number of imidazole rings is 1. The van der Waals surface area contributed by atoms with Crippen molar-refractivity contribution in [3.8, 4) is 16.9 Å². The van der Waals surface area contributed by atoms with Crippen LogP contribution in [0.1, 0.15) is 19.9 Å². The topological polar surface area (TPSA) is 79.0 Å². The lowest BCUT2D eigenvalue weighted by atomic mass is 10.1. The molecule has 21 heavy (non-hydrogen) atoms. The van der Waals surface area contributed by atoms with Crippen LogP contribution in [-0.2, 0) is 0 Å². The minimum Gasteiger partial charge on any atom is -0.368 e. The number of para-hydroxylation sites is 1. The smallest absolute Gasteiger partial charge is 0.332 e. The van der Waals surface area contributed by atoms with E-state index in [4.69, 9.17) is 10.3 Å². The first kappa shape index (κ1) is 13.2. The molecule has 0 radical (unpaired) electrons. The van der Waals surface area contributed by atoms with Crippen molar-refractivity contribution in [2.24, 2.45) is 0 Å². The quantitative estimate of drug-likeness (QED) is 0.801. The predicted molar refractivity (Wildman–Crippen MR) is 80.3 cm³/mol. The fourth-order valence-corrected chi connectivity index (χ4v) is 2.28. The fourth-order valence-electron chi connectivity index (χ4n) is 2.28. The molecule has 6 heteroatoms. The zero-order valence-electron chi connectivity index (χ0n) is 11.9. The highest BCUT2D eigenvalue weighted by Crippen LogP contribution is 2.26. The van der Waals surface area contributed by atoms with Crippen molar-refractivity contribution < 1.29 is 4.52 Å². The summed E-state index contributed by atoms with van der Waals surface area (Å²) in [6.07, 6.45) is 3.53. The molecule has 0 fully saturated rings. The minimum absolute atomic E-state index is 0.0890. The number of hydrogen-bond acceptors (Lipinski definition) is 4. The number of nitrogens with two attached hydrogens (primary N) is 1. The van der Waals surface area contributed by atoms with Crippen molar-refractivity contribution in [1.82, 2.24) is 14.3 Å². The van der Waals surface area contributed by atoms with E-state index in [1.807, 2.05) is 38.1 Å². The van der Waals surface area contributed by atoms with Crippen LogP contribution in [0.3, 0.4) is 0 Å². The van der Waals surface area contributed by atoms with E-state index >= 15 is 0 Å². The second-order valence-corrected chi connectivity index (χ2v) is 5.08. The first-order chi connectivity index (χ1) is 10.1. The average molecular weight is 284 g/mol. The molecule has 0 bridgehead atoms. The van der Waals surface area contributed by atoms with E-state index in [-0.39, 0.29) is 17.6 Å². The third-order valence-electron chi connectivity index (χ3n) is 3.33. The van der Waals surface area contributed by atoms with Gasteiger partial charge in [0.25, 0.3) is 0 Å². The van der Waals surface area contributed by atoms with Crippen molar-refractivity contribution in [3.63, 3.8) is 0 Å². The van der Waals surface area contributed by atoms with Crippen molar-refractivity contribution in [2.75, 3.05) is 5.73 Å². The lowest BCUT2D eigenvalue weighted by molar-refractivity contribution is 0.439. The molecule has 0 aliphatic rings. The van der Waals surface area contributed by atoms with Gasteiger partial charge in [0.05, 0.1) is 5.69 Å². The summed E-state index contributed by atoms with van der Waals surface area (Å²) in [7, 11) is 0. The molecule has 2 aromatic heterocycles. The molecule has 1 aromatic carbocycles. The number of aromatic nitrogens is 3. The van der Waals surface area contributed by atoms with E-state index in [9.17, 15) is 4.79 Å². The summed E-state index contributed by atoms with van der Waals surface area (Å²) in [6, 6.07) is 9.25. The Morgan fingerprint density at radius 2 is 2.00 bits per heavy atom. The second kappa shape index (κ2) is 4.97. The molecule has 108 valence electrons. The first-order valence-corrected chi connectivity index (χ1v) is 6.69. The lowest BCUT2D eigenvalue weighted by Gasteiger charge is -2.08. The first-order valence-electron chi connectivity index (χ1n) is 6.69. The van der Waals surface area contributed by atoms with E-state index in [1.54, 1.807) is 27.6 Å². The lowest BCUT2D eigenvalue weighted by Crippen LogP contribution is -2.24. The SMILES string of the molecule is CC(C)n1ccn(-c2ccccc2-c2cc(N)on2)c1=O. The molecule has 0 saturated carbocycles. The molecule has 0 amide bonds. The van der Waals surface area contributed by atoms with Crippen LogP contribution in [0.4, 0.5) is 5.88 Å². The van der Waals surface area contributed by atoms with Gasteiger partial charge in [-0.2, -0.15) is 0 Å². The molecule has 0 atom stereocenters. The molecule has 3 aromatic rings. The van der Waals surface area contributed by atoms with Crippen LogP contribution in [0.2, 0.25) is 0 Å². The Balaban J connectivity index is 2.18. The number of rotatable bonds is 3. The molecule has 2 heterocycles. The van der Waals surface area contributed by atoms with Gasteiger partial charge >= 0.3 is 5.69 Å². The molecule has 0 aliphatic heterocycles. The number of hydrogen-bond donors (Lipinski definition) is 1. The Morgan fingerprint density at radius 1 is 1.24 bits per heavy atom. The van der Waals surface area contributed by atoms with E-state index in [0.29, 0.717) is 5.69 Å². The highest BCUT2D eigenvalue weighted by molar-refractivity contribution is 5.71. The van der Waals surface area contributed by atoms with Gasteiger partial charge in [-0.15, -0.1) is 0 Å². The maximum absolute atomic E-state index is 12.5. The van der Waals surface area contributed by atoms with Crippen LogP contribution in [0, 0.1) is 0 Å². The maximum atomic E-state index is 12.5. The van der Waals surface area contributed by atoms with Crippen LogP contribution < -0.4 is 11.4 Å². The second-order valence-electron chi connectivity index (χ2n) is 5.08. The predicted octanol–water partition coefficient (Wildman–Crippen LogP) is 2.46. The summed E-state index contributed by atoms with van der Waals surface area (Å²) in [6.45, 7) is 3.94. The highest BCUT2D eigenvalue weighted by atomic mass is 16.5. The van der Waals surface area contributed by atoms with Crippen LogP contribution >= 0.6 is 0 Å². The number of nitrogens with zero attached hydrogens (tertiary/aromatic N) is 3. The average Bonchev–Trinajstić information content (AvgIpc) is 3.05. The van der Waals surface area contributed by atoms with Gasteiger partial charge in [0.2, 0.25) is 5.88 Å². The summed E-state index contributed by atoms with van der Waals surface area (Å²) in [4.78, 5) is 12.5. The Morgan fingerprint density at radius 3 is 2.62 bits per heavy atom. The number of benzene rings is 1. The summed E-state index contributed by atoms with van der Waals surface area (Å²) in [5.74, 6) is 0.243. The monoisotopic (exact) mass is 284 g/mol. The van der Waals surface area contributed by atoms with Crippen molar-refractivity contribution >= 4 is 5.88 Å². The van der Waals surface area contributed by atoms with E-state index in [2.05, 4.69) is 5.16 Å². The van der Waals surface area contributed by atoms with Crippen molar-refractivity contribution in [2.45, 2.75) is 19.9 Å².